The third-order valence-electron chi connectivity index (χ3n) is 5.65. The number of benzene rings is 2. The van der Waals surface area contributed by atoms with Gasteiger partial charge in [0.2, 0.25) is 11.1 Å². The Morgan fingerprint density at radius 3 is 2.73 bits per heavy atom. The molecule has 0 fully saturated rings. The van der Waals surface area contributed by atoms with Gasteiger partial charge in [0.25, 0.3) is 0 Å². The van der Waals surface area contributed by atoms with Crippen LogP contribution < -0.4 is 14.8 Å². The van der Waals surface area contributed by atoms with Crippen molar-refractivity contribution in [2.75, 3.05) is 24.8 Å². The minimum atomic E-state index is -0.583. The van der Waals surface area contributed by atoms with Crippen LogP contribution in [0.1, 0.15) is 44.4 Å². The number of thioether (sulfide) groups is 1. The molecule has 1 aliphatic rings. The van der Waals surface area contributed by atoms with E-state index in [2.05, 4.69) is 33.2 Å². The molecule has 0 bridgehead atoms. The Bertz CT molecular complexity index is 1330. The number of esters is 1. The second-order valence-electron chi connectivity index (χ2n) is 8.21. The Morgan fingerprint density at radius 1 is 1.24 bits per heavy atom. The quantitative estimate of drug-likeness (QED) is 0.203. The van der Waals surface area contributed by atoms with E-state index in [0.717, 1.165) is 23.3 Å². The summed E-state index contributed by atoms with van der Waals surface area (Å²) in [7, 11) is 1.37. The number of carbonyl (C=O) groups is 1. The number of aromatic nitrogens is 3. The highest BCUT2D eigenvalue weighted by atomic mass is 79.9. The van der Waals surface area contributed by atoms with Gasteiger partial charge in [-0.05, 0) is 60.0 Å². The molecule has 0 aliphatic carbocycles. The molecule has 196 valence electrons. The van der Waals surface area contributed by atoms with Gasteiger partial charge in [-0.3, -0.25) is 0 Å². The number of methoxy groups -OCH3 is 1. The number of anilines is 1. The van der Waals surface area contributed by atoms with Crippen LogP contribution in [0.3, 0.4) is 0 Å². The van der Waals surface area contributed by atoms with E-state index in [1.54, 1.807) is 16.4 Å². The number of hydrogen-bond acceptors (Lipinski definition) is 8. The molecule has 11 heteroatoms. The summed E-state index contributed by atoms with van der Waals surface area (Å²) < 4.78 is 19.7. The van der Waals surface area contributed by atoms with Gasteiger partial charge in [-0.15, -0.1) is 5.10 Å². The second kappa shape index (κ2) is 12.2. The Hall–Kier alpha value is -2.69. The van der Waals surface area contributed by atoms with Crippen molar-refractivity contribution in [3.63, 3.8) is 0 Å². The average molecular weight is 608 g/mol. The van der Waals surface area contributed by atoms with Gasteiger partial charge < -0.3 is 19.5 Å². The van der Waals surface area contributed by atoms with E-state index in [1.165, 1.54) is 7.11 Å². The normalized spacial score (nSPS) is 14.7. The zero-order valence-corrected chi connectivity index (χ0v) is 24.2. The van der Waals surface area contributed by atoms with Crippen LogP contribution in [0.2, 0.25) is 5.02 Å². The van der Waals surface area contributed by atoms with Crippen molar-refractivity contribution >= 4 is 51.2 Å². The first-order valence-corrected chi connectivity index (χ1v) is 14.0. The minimum Gasteiger partial charge on any atom is -0.490 e. The van der Waals surface area contributed by atoms with E-state index in [-0.39, 0.29) is 6.61 Å². The van der Waals surface area contributed by atoms with E-state index >= 15 is 0 Å². The van der Waals surface area contributed by atoms with E-state index in [1.807, 2.05) is 50.2 Å². The van der Waals surface area contributed by atoms with Gasteiger partial charge in [-0.2, -0.15) is 4.98 Å². The van der Waals surface area contributed by atoms with E-state index in [4.69, 9.17) is 30.9 Å². The number of fused-ring (bicyclic) bond motifs is 1. The van der Waals surface area contributed by atoms with E-state index < -0.39 is 12.0 Å². The summed E-state index contributed by atoms with van der Waals surface area (Å²) >= 11 is 11.5. The number of nitrogens with one attached hydrogen (secondary N) is 1. The zero-order valence-electron chi connectivity index (χ0n) is 21.0. The lowest BCUT2D eigenvalue weighted by Gasteiger charge is -2.28. The topological polar surface area (TPSA) is 87.5 Å². The van der Waals surface area contributed by atoms with Crippen LogP contribution in [0.15, 0.2) is 57.3 Å². The minimum absolute atomic E-state index is 0.267. The van der Waals surface area contributed by atoms with Crippen LogP contribution in [0.4, 0.5) is 5.95 Å². The molecular weight excluding hydrogens is 580 g/mol. The Balaban J connectivity index is 1.78. The zero-order chi connectivity index (χ0) is 26.5. The van der Waals surface area contributed by atoms with Crippen molar-refractivity contribution in [1.29, 1.82) is 0 Å². The molecule has 0 saturated heterocycles. The number of hydrogen-bond donors (Lipinski definition) is 1. The molecule has 0 saturated carbocycles. The lowest BCUT2D eigenvalue weighted by atomic mass is 9.95. The predicted molar refractivity (Wildman–Crippen MR) is 149 cm³/mol. The molecule has 2 heterocycles. The number of ether oxygens (including phenoxy) is 3. The second-order valence-corrected chi connectivity index (χ2v) is 10.5. The molecule has 2 aromatic carbocycles. The van der Waals surface area contributed by atoms with Gasteiger partial charge in [0.1, 0.15) is 12.6 Å². The van der Waals surface area contributed by atoms with Crippen molar-refractivity contribution in [3.8, 4) is 11.5 Å². The van der Waals surface area contributed by atoms with Crippen LogP contribution in [0.25, 0.3) is 0 Å². The summed E-state index contributed by atoms with van der Waals surface area (Å²) in [6.07, 6.45) is 0.996. The Labute approximate surface area is 233 Å². The maximum Gasteiger partial charge on any atom is 0.338 e. The molecule has 3 aromatic rings. The highest BCUT2D eigenvalue weighted by Gasteiger charge is 2.36. The number of halogens is 2. The van der Waals surface area contributed by atoms with Crippen LogP contribution in [0, 0.1) is 0 Å². The molecule has 0 radical (unpaired) electrons. The summed E-state index contributed by atoms with van der Waals surface area (Å²) in [4.78, 5) is 17.6. The molecule has 1 aliphatic heterocycles. The van der Waals surface area contributed by atoms with Crippen molar-refractivity contribution < 1.29 is 19.0 Å². The van der Waals surface area contributed by atoms with Crippen LogP contribution >= 0.6 is 39.3 Å². The average Bonchev–Trinajstić information content (AvgIpc) is 3.28. The fraction of sp³-hybridized carbons (Fsp3) is 0.346. The van der Waals surface area contributed by atoms with Gasteiger partial charge in [0.05, 0.1) is 23.8 Å². The largest absolute Gasteiger partial charge is 0.490 e. The molecule has 4 rings (SSSR count). The Morgan fingerprint density at radius 2 is 2.03 bits per heavy atom. The maximum atomic E-state index is 12.9. The highest BCUT2D eigenvalue weighted by molar-refractivity contribution is 9.10. The Kier molecular flexibility index (Phi) is 9.04. The standard InChI is InChI=1S/C26H28BrClN4O4S/c1-5-11-37-26-30-25-29-15(3)21(24(33)34-4)22(32(25)31-26)17-12-18(27)23(20(13-17)35-6-2)36-14-16-9-7-8-10-19(16)28/h7-10,12-13,22H,5-6,11,14H2,1-4H3,(H,29,30,31). The van der Waals surface area contributed by atoms with E-state index in [9.17, 15) is 4.79 Å². The molecular formula is C26H28BrClN4O4S. The monoisotopic (exact) mass is 606 g/mol. The van der Waals surface area contributed by atoms with Gasteiger partial charge in [0.15, 0.2) is 11.5 Å². The van der Waals surface area contributed by atoms with Crippen molar-refractivity contribution in [3.05, 3.63) is 68.3 Å². The van der Waals surface area contributed by atoms with Gasteiger partial charge in [0, 0.05) is 22.0 Å². The highest BCUT2D eigenvalue weighted by Crippen LogP contribution is 2.43. The van der Waals surface area contributed by atoms with Crippen LogP contribution in [0.5, 0.6) is 11.5 Å². The number of nitrogens with zero attached hydrogens (tertiary/aromatic N) is 3. The molecule has 1 unspecified atom stereocenters. The molecule has 0 amide bonds. The summed E-state index contributed by atoms with van der Waals surface area (Å²) in [6, 6.07) is 10.7. The van der Waals surface area contributed by atoms with Crippen LogP contribution in [-0.4, -0.2) is 40.2 Å². The molecule has 1 N–H and O–H groups in total. The van der Waals surface area contributed by atoms with Gasteiger partial charge in [-0.1, -0.05) is 48.5 Å². The van der Waals surface area contributed by atoms with Crippen molar-refractivity contribution in [2.45, 2.75) is 45.0 Å². The summed E-state index contributed by atoms with van der Waals surface area (Å²) in [5.41, 5.74) is 2.71. The number of allylic oxidation sites excluding steroid dienone is 1. The van der Waals surface area contributed by atoms with Crippen molar-refractivity contribution in [1.82, 2.24) is 14.8 Å². The first-order valence-electron chi connectivity index (χ1n) is 11.9. The SMILES string of the molecule is CCCSc1nc2n(n1)C(c1cc(Br)c(OCc3ccccc3Cl)c(OCC)c1)C(C(=O)OC)=C(C)N2. The number of carbonyl (C=O) groups excluding carboxylic acids is 1. The molecule has 1 aromatic heterocycles. The summed E-state index contributed by atoms with van der Waals surface area (Å²) in [5, 5.41) is 9.19. The molecule has 37 heavy (non-hydrogen) atoms. The summed E-state index contributed by atoms with van der Waals surface area (Å²) in [6.45, 7) is 6.53. The molecule has 1 atom stereocenters. The van der Waals surface area contributed by atoms with Crippen molar-refractivity contribution in [2.24, 2.45) is 0 Å². The lowest BCUT2D eigenvalue weighted by Crippen LogP contribution is -2.29. The number of rotatable bonds is 10. The van der Waals surface area contributed by atoms with Crippen LogP contribution in [-0.2, 0) is 16.1 Å². The molecule has 0 spiro atoms. The van der Waals surface area contributed by atoms with E-state index in [0.29, 0.717) is 50.0 Å². The maximum absolute atomic E-state index is 12.9. The first kappa shape index (κ1) is 27.3. The smallest absolute Gasteiger partial charge is 0.338 e. The third-order valence-corrected chi connectivity index (χ3v) is 7.65. The predicted octanol–water partition coefficient (Wildman–Crippen LogP) is 6.64. The first-order chi connectivity index (χ1) is 17.9. The fourth-order valence-electron chi connectivity index (χ4n) is 3.98. The van der Waals surface area contributed by atoms with Gasteiger partial charge >= 0.3 is 5.97 Å². The lowest BCUT2D eigenvalue weighted by molar-refractivity contribution is -0.136. The third kappa shape index (κ3) is 5.91. The summed E-state index contributed by atoms with van der Waals surface area (Å²) in [5.74, 6) is 2.07. The fourth-order valence-corrected chi connectivity index (χ4v) is 5.43. The van der Waals surface area contributed by atoms with Gasteiger partial charge in [-0.25, -0.2) is 9.48 Å². The molecule has 8 nitrogen and oxygen atoms in total.